The highest BCUT2D eigenvalue weighted by Crippen LogP contribution is 2.27. The van der Waals surface area contributed by atoms with E-state index in [-0.39, 0.29) is 6.61 Å². The third kappa shape index (κ3) is 4.08. The van der Waals surface area contributed by atoms with Crippen LogP contribution in [0.2, 0.25) is 0 Å². The number of allylic oxidation sites excluding steroid dienone is 1. The normalized spacial score (nSPS) is 20.7. The molecule has 1 rings (SSSR count). The van der Waals surface area contributed by atoms with Gasteiger partial charge in [0.1, 0.15) is 0 Å². The first-order valence-electron chi connectivity index (χ1n) is 7.02. The molecule has 1 unspecified atom stereocenters. The van der Waals surface area contributed by atoms with Gasteiger partial charge in [-0.05, 0) is 39.9 Å². The minimum absolute atomic E-state index is 0.173. The lowest BCUT2D eigenvalue weighted by Crippen LogP contribution is -2.38. The van der Waals surface area contributed by atoms with E-state index in [0.717, 1.165) is 31.6 Å². The molecule has 5 heteroatoms. The fourth-order valence-corrected chi connectivity index (χ4v) is 2.73. The second-order valence-corrected chi connectivity index (χ2v) is 5.22. The van der Waals surface area contributed by atoms with Crippen LogP contribution in [0.5, 0.6) is 0 Å². The first kappa shape index (κ1) is 16.7. The summed E-state index contributed by atoms with van der Waals surface area (Å²) >= 11 is 0. The molecule has 0 amide bonds. The van der Waals surface area contributed by atoms with Crippen molar-refractivity contribution in [2.24, 2.45) is 0 Å². The number of carbonyl (C=O) groups is 1. The third-order valence-electron chi connectivity index (χ3n) is 3.51. The van der Waals surface area contributed by atoms with E-state index >= 15 is 0 Å². The van der Waals surface area contributed by atoms with Crippen LogP contribution in [0.15, 0.2) is 23.4 Å². The van der Waals surface area contributed by atoms with Crippen molar-refractivity contribution in [1.29, 1.82) is 0 Å². The van der Waals surface area contributed by atoms with Crippen LogP contribution in [0.4, 0.5) is 0 Å². The molecule has 1 fully saturated rings. The van der Waals surface area contributed by atoms with E-state index in [1.165, 1.54) is 13.2 Å². The Morgan fingerprint density at radius 3 is 2.70 bits per heavy atom. The molecule has 1 saturated heterocycles. The Kier molecular flexibility index (Phi) is 6.75. The van der Waals surface area contributed by atoms with Crippen molar-refractivity contribution in [3.05, 3.63) is 23.4 Å². The topological polar surface area (TPSA) is 53.0 Å². The molecule has 0 aromatic heterocycles. The molecule has 0 radical (unpaired) electrons. The molecule has 0 aromatic rings. The van der Waals surface area contributed by atoms with Gasteiger partial charge in [0, 0.05) is 24.8 Å². The zero-order chi connectivity index (χ0) is 15.1. The second-order valence-electron chi connectivity index (χ2n) is 5.22. The Morgan fingerprint density at radius 1 is 1.50 bits per heavy atom. The van der Waals surface area contributed by atoms with Crippen LogP contribution in [-0.2, 0) is 9.53 Å². The Bertz CT molecular complexity index is 389. The minimum atomic E-state index is -0.400. The molecular formula is C15H26N2O3. The highest BCUT2D eigenvalue weighted by atomic mass is 16.5. The van der Waals surface area contributed by atoms with Gasteiger partial charge >= 0.3 is 5.97 Å². The van der Waals surface area contributed by atoms with Crippen LogP contribution in [0.1, 0.15) is 19.8 Å². The minimum Gasteiger partial charge on any atom is -0.465 e. The standard InChI is InChI=1S/C15H26N2O3/c1-5-14(13(8-10-18)15(19)20-4)17-9-6-7-12(17)11-16(2)3/h5,8,12,18H,6-7,9-11H2,1-4H3/b13-8+,14-5+. The number of aliphatic hydroxyl groups excluding tert-OH is 1. The summed E-state index contributed by atoms with van der Waals surface area (Å²) in [5.41, 5.74) is 1.30. The summed E-state index contributed by atoms with van der Waals surface area (Å²) < 4.78 is 4.83. The van der Waals surface area contributed by atoms with Crippen LogP contribution in [0.25, 0.3) is 0 Å². The number of methoxy groups -OCH3 is 1. The van der Waals surface area contributed by atoms with Gasteiger partial charge in [-0.15, -0.1) is 0 Å². The van der Waals surface area contributed by atoms with E-state index in [1.54, 1.807) is 0 Å². The maximum absolute atomic E-state index is 11.9. The predicted molar refractivity (Wildman–Crippen MR) is 79.2 cm³/mol. The van der Waals surface area contributed by atoms with E-state index in [9.17, 15) is 4.79 Å². The average Bonchev–Trinajstić information content (AvgIpc) is 2.85. The Labute approximate surface area is 121 Å². The van der Waals surface area contributed by atoms with Crippen molar-refractivity contribution in [2.75, 3.05) is 40.9 Å². The summed E-state index contributed by atoms with van der Waals surface area (Å²) in [6, 6.07) is 0.392. The van der Waals surface area contributed by atoms with Crippen molar-refractivity contribution in [3.63, 3.8) is 0 Å². The van der Waals surface area contributed by atoms with Crippen molar-refractivity contribution in [2.45, 2.75) is 25.8 Å². The van der Waals surface area contributed by atoms with Crippen LogP contribution in [-0.4, -0.2) is 67.8 Å². The highest BCUT2D eigenvalue weighted by Gasteiger charge is 2.29. The van der Waals surface area contributed by atoms with E-state index in [2.05, 4.69) is 23.9 Å². The number of aliphatic hydroxyl groups is 1. The maximum atomic E-state index is 11.9. The van der Waals surface area contributed by atoms with E-state index in [4.69, 9.17) is 9.84 Å². The number of hydrogen-bond acceptors (Lipinski definition) is 5. The number of hydrogen-bond donors (Lipinski definition) is 1. The first-order valence-corrected chi connectivity index (χ1v) is 7.02. The van der Waals surface area contributed by atoms with Crippen LogP contribution < -0.4 is 0 Å². The van der Waals surface area contributed by atoms with Crippen LogP contribution in [0, 0.1) is 0 Å². The average molecular weight is 282 g/mol. The van der Waals surface area contributed by atoms with Gasteiger partial charge in [-0.2, -0.15) is 0 Å². The Morgan fingerprint density at radius 2 is 2.20 bits per heavy atom. The molecule has 1 N–H and O–H groups in total. The van der Waals surface area contributed by atoms with Gasteiger partial charge in [0.05, 0.1) is 19.3 Å². The van der Waals surface area contributed by atoms with E-state index in [0.29, 0.717) is 11.6 Å². The van der Waals surface area contributed by atoms with Crippen LogP contribution in [0.3, 0.4) is 0 Å². The molecule has 5 nitrogen and oxygen atoms in total. The van der Waals surface area contributed by atoms with Crippen LogP contribution >= 0.6 is 0 Å². The van der Waals surface area contributed by atoms with Gasteiger partial charge in [-0.3, -0.25) is 0 Å². The van der Waals surface area contributed by atoms with Gasteiger partial charge < -0.3 is 19.6 Å². The molecule has 1 heterocycles. The summed E-state index contributed by atoms with van der Waals surface area (Å²) in [4.78, 5) is 16.3. The van der Waals surface area contributed by atoms with Gasteiger partial charge in [0.2, 0.25) is 0 Å². The molecule has 0 aromatic carbocycles. The van der Waals surface area contributed by atoms with Crippen molar-refractivity contribution in [3.8, 4) is 0 Å². The molecular weight excluding hydrogens is 256 g/mol. The molecule has 0 spiro atoms. The third-order valence-corrected chi connectivity index (χ3v) is 3.51. The van der Waals surface area contributed by atoms with Gasteiger partial charge in [-0.1, -0.05) is 6.08 Å². The lowest BCUT2D eigenvalue weighted by atomic mass is 10.1. The zero-order valence-corrected chi connectivity index (χ0v) is 12.9. The fraction of sp³-hybridized carbons (Fsp3) is 0.667. The highest BCUT2D eigenvalue weighted by molar-refractivity contribution is 5.93. The van der Waals surface area contributed by atoms with E-state index < -0.39 is 5.97 Å². The summed E-state index contributed by atoms with van der Waals surface area (Å²) in [6.07, 6.45) is 5.67. The molecule has 0 saturated carbocycles. The zero-order valence-electron chi connectivity index (χ0n) is 12.9. The van der Waals surface area contributed by atoms with Gasteiger partial charge in [-0.25, -0.2) is 4.79 Å². The first-order chi connectivity index (χ1) is 9.54. The number of nitrogens with zero attached hydrogens (tertiary/aromatic N) is 2. The molecule has 0 bridgehead atoms. The molecule has 1 aliphatic heterocycles. The molecule has 1 aliphatic rings. The van der Waals surface area contributed by atoms with Crippen molar-refractivity contribution in [1.82, 2.24) is 9.80 Å². The molecule has 1 atom stereocenters. The van der Waals surface area contributed by atoms with E-state index in [1.807, 2.05) is 13.0 Å². The SMILES string of the molecule is C/C=C(\C(=C/CO)C(=O)OC)N1CCCC1CN(C)C. The van der Waals surface area contributed by atoms with Crippen molar-refractivity contribution >= 4 is 5.97 Å². The number of esters is 1. The lowest BCUT2D eigenvalue weighted by Gasteiger charge is -2.31. The number of carbonyl (C=O) groups excluding carboxylic acids is 1. The molecule has 20 heavy (non-hydrogen) atoms. The predicted octanol–water partition coefficient (Wildman–Crippen LogP) is 1.01. The number of ether oxygens (including phenoxy) is 1. The Hall–Kier alpha value is -1.33. The quantitative estimate of drug-likeness (QED) is 0.448. The molecule has 0 aliphatic carbocycles. The van der Waals surface area contributed by atoms with Gasteiger partial charge in [0.15, 0.2) is 0 Å². The van der Waals surface area contributed by atoms with Crippen molar-refractivity contribution < 1.29 is 14.6 Å². The summed E-state index contributed by atoms with van der Waals surface area (Å²) in [5.74, 6) is -0.400. The monoisotopic (exact) mass is 282 g/mol. The summed E-state index contributed by atoms with van der Waals surface area (Å²) in [5, 5.41) is 9.14. The largest absolute Gasteiger partial charge is 0.465 e. The summed E-state index contributed by atoms with van der Waals surface area (Å²) in [7, 11) is 5.47. The summed E-state index contributed by atoms with van der Waals surface area (Å²) in [6.45, 7) is 3.62. The number of likely N-dealkylation sites (N-methyl/N-ethyl adjacent to an activating group) is 1. The number of likely N-dealkylation sites (tertiary alicyclic amines) is 1. The van der Waals surface area contributed by atoms with Gasteiger partial charge in [0.25, 0.3) is 0 Å². The second kappa shape index (κ2) is 8.07. The fourth-order valence-electron chi connectivity index (χ4n) is 2.73. The maximum Gasteiger partial charge on any atom is 0.339 e. The Balaban J connectivity index is 2.99. The molecule has 114 valence electrons. The smallest absolute Gasteiger partial charge is 0.339 e. The lowest BCUT2D eigenvalue weighted by molar-refractivity contribution is -0.136. The number of rotatable bonds is 6.